The molecule has 28 heavy (non-hydrogen) atoms. The molecule has 0 spiro atoms. The number of nitrogens with one attached hydrogen (secondary N) is 1. The van der Waals surface area contributed by atoms with E-state index in [1.807, 2.05) is 30.3 Å². The molecule has 3 aromatic heterocycles. The zero-order chi connectivity index (χ0) is 19.3. The number of nitrogens with zero attached hydrogens (tertiary/aromatic N) is 3. The van der Waals surface area contributed by atoms with Gasteiger partial charge in [0, 0.05) is 17.8 Å². The molecule has 138 valence electrons. The number of hydrogen-bond acceptors (Lipinski definition) is 5. The largest absolute Gasteiger partial charge is 0.454 e. The number of amides is 1. The van der Waals surface area contributed by atoms with Crippen LogP contribution < -0.4 is 10.9 Å². The average Bonchev–Trinajstić information content (AvgIpc) is 3.20. The summed E-state index contributed by atoms with van der Waals surface area (Å²) in [5.74, 6) is 0.815. The molecule has 1 N–H and O–H groups in total. The Bertz CT molecular complexity index is 1150. The molecule has 3 heterocycles. The van der Waals surface area contributed by atoms with E-state index >= 15 is 0 Å². The molecule has 7 heteroatoms. The number of anilines is 1. The second kappa shape index (κ2) is 7.71. The summed E-state index contributed by atoms with van der Waals surface area (Å²) in [6.07, 6.45) is 4.75. The first kappa shape index (κ1) is 17.4. The van der Waals surface area contributed by atoms with Gasteiger partial charge in [-0.1, -0.05) is 36.4 Å². The highest BCUT2D eigenvalue weighted by molar-refractivity contribution is 6.02. The third-order valence-electron chi connectivity index (χ3n) is 4.05. The van der Waals surface area contributed by atoms with Gasteiger partial charge in [-0.05, 0) is 18.2 Å². The first-order valence-electron chi connectivity index (χ1n) is 8.62. The zero-order valence-electron chi connectivity index (χ0n) is 14.8. The molecular formula is C21H16N4O3. The maximum absolute atomic E-state index is 12.4. The molecule has 0 radical (unpaired) electrons. The molecule has 0 unspecified atom stereocenters. The first-order valence-corrected chi connectivity index (χ1v) is 8.62. The van der Waals surface area contributed by atoms with Crippen molar-refractivity contribution in [3.63, 3.8) is 0 Å². The van der Waals surface area contributed by atoms with E-state index in [0.717, 1.165) is 5.56 Å². The van der Waals surface area contributed by atoms with Crippen molar-refractivity contribution in [1.82, 2.24) is 14.5 Å². The molecule has 0 saturated carbocycles. The lowest BCUT2D eigenvalue weighted by atomic mass is 10.2. The normalized spacial score (nSPS) is 10.6. The minimum absolute atomic E-state index is 0.138. The molecule has 0 aliphatic rings. The van der Waals surface area contributed by atoms with Crippen molar-refractivity contribution in [3.05, 3.63) is 101 Å². The zero-order valence-corrected chi connectivity index (χ0v) is 14.8. The van der Waals surface area contributed by atoms with Gasteiger partial charge in [0.25, 0.3) is 11.5 Å². The molecule has 1 aromatic carbocycles. The summed E-state index contributed by atoms with van der Waals surface area (Å²) < 4.78 is 7.05. The van der Waals surface area contributed by atoms with Gasteiger partial charge in [0.1, 0.15) is 5.76 Å². The van der Waals surface area contributed by atoms with E-state index in [1.54, 1.807) is 42.9 Å². The summed E-state index contributed by atoms with van der Waals surface area (Å²) in [6, 6.07) is 17.7. The predicted molar refractivity (Wildman–Crippen MR) is 104 cm³/mol. The molecule has 0 aliphatic heterocycles. The monoisotopic (exact) mass is 372 g/mol. The number of pyridine rings is 1. The smallest absolute Gasteiger partial charge is 0.291 e. The number of benzene rings is 1. The highest BCUT2D eigenvalue weighted by Crippen LogP contribution is 2.16. The number of carbonyl (C=O) groups excluding carboxylic acids is 1. The van der Waals surface area contributed by atoms with Crippen molar-refractivity contribution in [3.8, 4) is 11.4 Å². The summed E-state index contributed by atoms with van der Waals surface area (Å²) in [4.78, 5) is 32.7. The molecule has 0 bridgehead atoms. The Morgan fingerprint density at radius 2 is 1.71 bits per heavy atom. The Labute approximate surface area is 160 Å². The van der Waals surface area contributed by atoms with E-state index < -0.39 is 5.91 Å². The van der Waals surface area contributed by atoms with Crippen LogP contribution in [0.2, 0.25) is 0 Å². The van der Waals surface area contributed by atoms with E-state index in [2.05, 4.69) is 15.3 Å². The van der Waals surface area contributed by atoms with Gasteiger partial charge in [0.2, 0.25) is 0 Å². The third kappa shape index (κ3) is 3.88. The average molecular weight is 372 g/mol. The predicted octanol–water partition coefficient (Wildman–Crippen LogP) is 3.20. The Balaban J connectivity index is 1.43. The highest BCUT2D eigenvalue weighted by Gasteiger charge is 2.13. The first-order chi connectivity index (χ1) is 13.7. The lowest BCUT2D eigenvalue weighted by Crippen LogP contribution is -2.18. The quantitative estimate of drug-likeness (QED) is 0.581. The van der Waals surface area contributed by atoms with Crippen LogP contribution in [-0.2, 0) is 6.54 Å². The van der Waals surface area contributed by atoms with Gasteiger partial charge in [-0.25, -0.2) is 9.97 Å². The SMILES string of the molecule is O=C(Nc1cnc(-c2ccccc2)nc1)c1ccc(Cn2ccccc2=O)o1. The number of carbonyl (C=O) groups is 1. The summed E-state index contributed by atoms with van der Waals surface area (Å²) in [7, 11) is 0. The van der Waals surface area contributed by atoms with E-state index in [-0.39, 0.29) is 17.9 Å². The maximum atomic E-state index is 12.4. The topological polar surface area (TPSA) is 90.0 Å². The molecule has 0 atom stereocenters. The van der Waals surface area contributed by atoms with Gasteiger partial charge in [0.05, 0.1) is 24.6 Å². The van der Waals surface area contributed by atoms with Crippen LogP contribution in [0.4, 0.5) is 5.69 Å². The van der Waals surface area contributed by atoms with Crippen molar-refractivity contribution >= 4 is 11.6 Å². The van der Waals surface area contributed by atoms with Crippen LogP contribution in [0.5, 0.6) is 0 Å². The lowest BCUT2D eigenvalue weighted by molar-refractivity contribution is 0.0994. The van der Waals surface area contributed by atoms with Gasteiger partial charge in [-0.3, -0.25) is 9.59 Å². The van der Waals surface area contributed by atoms with Gasteiger partial charge in [-0.2, -0.15) is 0 Å². The van der Waals surface area contributed by atoms with Gasteiger partial charge in [0.15, 0.2) is 11.6 Å². The molecule has 0 saturated heterocycles. The molecule has 7 nitrogen and oxygen atoms in total. The number of furan rings is 1. The van der Waals surface area contributed by atoms with Crippen molar-refractivity contribution in [2.24, 2.45) is 0 Å². The Kier molecular flexibility index (Phi) is 4.79. The molecular weight excluding hydrogens is 356 g/mol. The van der Waals surface area contributed by atoms with Gasteiger partial charge in [-0.15, -0.1) is 0 Å². The van der Waals surface area contributed by atoms with E-state index in [0.29, 0.717) is 17.3 Å². The summed E-state index contributed by atoms with van der Waals surface area (Å²) in [5, 5.41) is 2.70. The molecule has 0 aliphatic carbocycles. The standard InChI is InChI=1S/C21H16N4O3/c26-19-8-4-5-11-25(19)14-17-9-10-18(28-17)21(27)24-16-12-22-20(23-13-16)15-6-2-1-3-7-15/h1-13H,14H2,(H,24,27). The number of hydrogen-bond donors (Lipinski definition) is 1. The van der Waals surface area contributed by atoms with Crippen LogP contribution in [-0.4, -0.2) is 20.4 Å². The fourth-order valence-electron chi connectivity index (χ4n) is 2.67. The maximum Gasteiger partial charge on any atom is 0.291 e. The highest BCUT2D eigenvalue weighted by atomic mass is 16.4. The van der Waals surface area contributed by atoms with Gasteiger partial charge >= 0.3 is 0 Å². The number of rotatable bonds is 5. The minimum atomic E-state index is -0.414. The third-order valence-corrected chi connectivity index (χ3v) is 4.05. The van der Waals surface area contributed by atoms with Crippen molar-refractivity contribution < 1.29 is 9.21 Å². The summed E-state index contributed by atoms with van der Waals surface area (Å²) >= 11 is 0. The van der Waals surface area contributed by atoms with Crippen LogP contribution in [0.3, 0.4) is 0 Å². The Morgan fingerprint density at radius 1 is 0.964 bits per heavy atom. The fourth-order valence-corrected chi connectivity index (χ4v) is 2.67. The van der Waals surface area contributed by atoms with Crippen molar-refractivity contribution in [2.75, 3.05) is 5.32 Å². The summed E-state index contributed by atoms with van der Waals surface area (Å²) in [5.41, 5.74) is 1.22. The molecule has 0 fully saturated rings. The minimum Gasteiger partial charge on any atom is -0.454 e. The van der Waals surface area contributed by atoms with Gasteiger partial charge < -0.3 is 14.3 Å². The van der Waals surface area contributed by atoms with E-state index in [1.165, 1.54) is 10.6 Å². The second-order valence-electron chi connectivity index (χ2n) is 6.05. The Hall–Kier alpha value is -4.00. The second-order valence-corrected chi connectivity index (χ2v) is 6.05. The number of aromatic nitrogens is 3. The van der Waals surface area contributed by atoms with Crippen molar-refractivity contribution in [2.45, 2.75) is 6.54 Å². The van der Waals surface area contributed by atoms with E-state index in [9.17, 15) is 9.59 Å². The lowest BCUT2D eigenvalue weighted by Gasteiger charge is -2.04. The molecule has 4 rings (SSSR count). The fraction of sp³-hybridized carbons (Fsp3) is 0.0476. The molecule has 1 amide bonds. The van der Waals surface area contributed by atoms with Crippen LogP contribution in [0.15, 0.2) is 88.5 Å². The molecule has 4 aromatic rings. The van der Waals surface area contributed by atoms with Crippen LogP contribution in [0.25, 0.3) is 11.4 Å². The Morgan fingerprint density at radius 3 is 2.46 bits per heavy atom. The summed E-state index contributed by atoms with van der Waals surface area (Å²) in [6.45, 7) is 0.252. The van der Waals surface area contributed by atoms with Crippen molar-refractivity contribution in [1.29, 1.82) is 0 Å². The van der Waals surface area contributed by atoms with Crippen LogP contribution in [0, 0.1) is 0 Å². The van der Waals surface area contributed by atoms with E-state index in [4.69, 9.17) is 4.42 Å². The van der Waals surface area contributed by atoms with Crippen LogP contribution in [0.1, 0.15) is 16.3 Å². The van der Waals surface area contributed by atoms with Crippen LogP contribution >= 0.6 is 0 Å².